The molecule has 0 bridgehead atoms. The number of fused-ring (bicyclic) bond motifs is 1. The van der Waals surface area contributed by atoms with E-state index in [1.807, 2.05) is 30.3 Å². The number of imidazole rings is 1. The van der Waals surface area contributed by atoms with Crippen molar-refractivity contribution in [3.8, 4) is 0 Å². The van der Waals surface area contributed by atoms with Gasteiger partial charge >= 0.3 is 6.18 Å². The molecular weight excluding hydrogens is 383 g/mol. The molecule has 9 heteroatoms. The number of nitrogens with one attached hydrogen (secondary N) is 2. The van der Waals surface area contributed by atoms with Crippen LogP contribution >= 0.6 is 0 Å². The third kappa shape index (κ3) is 3.93. The number of aromatic nitrogens is 4. The van der Waals surface area contributed by atoms with Gasteiger partial charge in [-0.15, -0.1) is 0 Å². The van der Waals surface area contributed by atoms with Crippen molar-refractivity contribution in [2.24, 2.45) is 0 Å². The van der Waals surface area contributed by atoms with Crippen molar-refractivity contribution in [2.75, 3.05) is 0 Å². The fourth-order valence-corrected chi connectivity index (χ4v) is 2.97. The van der Waals surface area contributed by atoms with Crippen LogP contribution in [0.5, 0.6) is 0 Å². The Hall–Kier alpha value is -3.75. The first-order valence-corrected chi connectivity index (χ1v) is 8.60. The van der Waals surface area contributed by atoms with E-state index in [0.29, 0.717) is 5.56 Å². The summed E-state index contributed by atoms with van der Waals surface area (Å²) in [6.45, 7) is 0. The van der Waals surface area contributed by atoms with Crippen LogP contribution in [0.2, 0.25) is 0 Å². The standard InChI is InChI=1S/C20H14F3N5O/c21-20(22,23)19-26-14-7-6-13(10-15(14)27-19)17(12-4-2-1-3-5-12)28-18(29)16-11-24-8-9-25-16/h1-11,17H,(H,26,27)(H,28,29)/t17-/m0/s1. The van der Waals surface area contributed by atoms with Crippen LogP contribution in [0.25, 0.3) is 11.0 Å². The van der Waals surface area contributed by atoms with Crippen molar-refractivity contribution in [2.45, 2.75) is 12.2 Å². The highest BCUT2D eigenvalue weighted by atomic mass is 19.4. The van der Waals surface area contributed by atoms with Crippen LogP contribution < -0.4 is 5.32 Å². The van der Waals surface area contributed by atoms with Gasteiger partial charge in [-0.1, -0.05) is 36.4 Å². The topological polar surface area (TPSA) is 83.6 Å². The van der Waals surface area contributed by atoms with Crippen molar-refractivity contribution < 1.29 is 18.0 Å². The lowest BCUT2D eigenvalue weighted by atomic mass is 9.98. The molecule has 2 aromatic carbocycles. The smallest absolute Gasteiger partial charge is 0.340 e. The summed E-state index contributed by atoms with van der Waals surface area (Å²) in [5.41, 5.74) is 1.91. The number of rotatable bonds is 4. The minimum absolute atomic E-state index is 0.135. The number of aromatic amines is 1. The van der Waals surface area contributed by atoms with Gasteiger partial charge in [0, 0.05) is 12.4 Å². The molecule has 0 fully saturated rings. The molecule has 6 nitrogen and oxygen atoms in total. The summed E-state index contributed by atoms with van der Waals surface area (Å²) in [5.74, 6) is -1.52. The fourth-order valence-electron chi connectivity index (χ4n) is 2.97. The monoisotopic (exact) mass is 397 g/mol. The number of hydrogen-bond donors (Lipinski definition) is 2. The highest BCUT2D eigenvalue weighted by molar-refractivity contribution is 5.92. The molecule has 29 heavy (non-hydrogen) atoms. The van der Waals surface area contributed by atoms with Gasteiger partial charge in [0.25, 0.3) is 5.91 Å². The van der Waals surface area contributed by atoms with Gasteiger partial charge in [-0.3, -0.25) is 9.78 Å². The molecular formula is C20H14F3N5O. The maximum absolute atomic E-state index is 12.9. The largest absolute Gasteiger partial charge is 0.449 e. The van der Waals surface area contributed by atoms with Crippen molar-refractivity contribution in [3.63, 3.8) is 0 Å². The molecule has 0 aliphatic rings. The number of carbonyl (C=O) groups is 1. The van der Waals surface area contributed by atoms with Crippen LogP contribution in [0, 0.1) is 0 Å². The molecule has 2 N–H and O–H groups in total. The Balaban J connectivity index is 1.74. The minimum atomic E-state index is -4.57. The SMILES string of the molecule is O=C(N[C@@H](c1ccccc1)c1ccc2nc(C(F)(F)F)[nH]c2c1)c1cnccn1. The van der Waals surface area contributed by atoms with Crippen LogP contribution in [0.3, 0.4) is 0 Å². The zero-order valence-corrected chi connectivity index (χ0v) is 14.8. The quantitative estimate of drug-likeness (QED) is 0.547. The molecule has 2 heterocycles. The van der Waals surface area contributed by atoms with Crippen LogP contribution in [0.1, 0.15) is 33.5 Å². The first-order valence-electron chi connectivity index (χ1n) is 8.60. The van der Waals surface area contributed by atoms with Crippen molar-refractivity contribution in [1.29, 1.82) is 0 Å². The number of benzene rings is 2. The van der Waals surface area contributed by atoms with E-state index in [9.17, 15) is 18.0 Å². The molecule has 146 valence electrons. The number of amides is 1. The number of carbonyl (C=O) groups excluding carboxylic acids is 1. The molecule has 2 aromatic heterocycles. The highest BCUT2D eigenvalue weighted by Crippen LogP contribution is 2.30. The highest BCUT2D eigenvalue weighted by Gasteiger charge is 2.34. The van der Waals surface area contributed by atoms with Crippen LogP contribution in [0.4, 0.5) is 13.2 Å². The van der Waals surface area contributed by atoms with Crippen LogP contribution in [-0.4, -0.2) is 25.8 Å². The van der Waals surface area contributed by atoms with Gasteiger partial charge in [0.15, 0.2) is 0 Å². The molecule has 0 aliphatic heterocycles. The van der Waals surface area contributed by atoms with Gasteiger partial charge in [-0.05, 0) is 23.3 Å². The van der Waals surface area contributed by atoms with Gasteiger partial charge in [0.05, 0.1) is 23.3 Å². The van der Waals surface area contributed by atoms with E-state index < -0.39 is 23.9 Å². The van der Waals surface area contributed by atoms with Gasteiger partial charge < -0.3 is 10.3 Å². The first kappa shape index (κ1) is 18.6. The maximum atomic E-state index is 12.9. The Labute approximate surface area is 162 Å². The summed E-state index contributed by atoms with van der Waals surface area (Å²) >= 11 is 0. The van der Waals surface area contributed by atoms with Crippen molar-refractivity contribution in [1.82, 2.24) is 25.3 Å². The van der Waals surface area contributed by atoms with E-state index >= 15 is 0 Å². The summed E-state index contributed by atoms with van der Waals surface area (Å²) in [6.07, 6.45) is -0.374. The van der Waals surface area contributed by atoms with Gasteiger partial charge in [-0.2, -0.15) is 13.2 Å². The van der Waals surface area contributed by atoms with Crippen molar-refractivity contribution >= 4 is 16.9 Å². The molecule has 0 saturated carbocycles. The summed E-state index contributed by atoms with van der Waals surface area (Å²) < 4.78 is 38.8. The van der Waals surface area contributed by atoms with Gasteiger partial charge in [-0.25, -0.2) is 9.97 Å². The number of hydrogen-bond acceptors (Lipinski definition) is 4. The van der Waals surface area contributed by atoms with Crippen molar-refractivity contribution in [3.05, 3.63) is 89.8 Å². The zero-order valence-electron chi connectivity index (χ0n) is 14.8. The lowest BCUT2D eigenvalue weighted by molar-refractivity contribution is -0.144. The summed E-state index contributed by atoms with van der Waals surface area (Å²) in [4.78, 5) is 26.4. The van der Waals surface area contributed by atoms with E-state index in [2.05, 4.69) is 25.3 Å². The summed E-state index contributed by atoms with van der Waals surface area (Å²) in [7, 11) is 0. The molecule has 0 spiro atoms. The first-order chi connectivity index (χ1) is 13.9. The van der Waals surface area contributed by atoms with E-state index in [1.54, 1.807) is 12.1 Å². The van der Waals surface area contributed by atoms with E-state index in [0.717, 1.165) is 5.56 Å². The predicted molar refractivity (Wildman–Crippen MR) is 98.9 cm³/mol. The Morgan fingerprint density at radius 1 is 1.03 bits per heavy atom. The molecule has 4 aromatic rings. The van der Waals surface area contributed by atoms with E-state index in [4.69, 9.17) is 0 Å². The average Bonchev–Trinajstić information content (AvgIpc) is 3.17. The third-order valence-corrected chi connectivity index (χ3v) is 4.31. The Morgan fingerprint density at radius 3 is 2.52 bits per heavy atom. The Bertz CT molecular complexity index is 1140. The fraction of sp³-hybridized carbons (Fsp3) is 0.100. The summed E-state index contributed by atoms with van der Waals surface area (Å²) in [6, 6.07) is 13.2. The van der Waals surface area contributed by atoms with E-state index in [-0.39, 0.29) is 16.7 Å². The average molecular weight is 397 g/mol. The molecule has 0 radical (unpaired) electrons. The van der Waals surface area contributed by atoms with Gasteiger partial charge in [0.1, 0.15) is 5.69 Å². The third-order valence-electron chi connectivity index (χ3n) is 4.31. The number of nitrogens with zero attached hydrogens (tertiary/aromatic N) is 3. The maximum Gasteiger partial charge on any atom is 0.449 e. The number of halogens is 3. The minimum Gasteiger partial charge on any atom is -0.340 e. The molecule has 4 rings (SSSR count). The van der Waals surface area contributed by atoms with E-state index in [1.165, 1.54) is 24.7 Å². The molecule has 0 aliphatic carbocycles. The number of H-pyrrole nitrogens is 1. The molecule has 0 unspecified atom stereocenters. The van der Waals surface area contributed by atoms with Crippen LogP contribution in [0.15, 0.2) is 67.1 Å². The second-order valence-electron chi connectivity index (χ2n) is 6.27. The Kier molecular flexibility index (Phi) is 4.71. The van der Waals surface area contributed by atoms with Gasteiger partial charge in [0.2, 0.25) is 5.82 Å². The molecule has 0 saturated heterocycles. The predicted octanol–water partition coefficient (Wildman–Crippen LogP) is 3.89. The Morgan fingerprint density at radius 2 is 1.83 bits per heavy atom. The molecule has 1 amide bonds. The normalized spacial score (nSPS) is 12.7. The molecule has 1 atom stereocenters. The van der Waals surface area contributed by atoms with Crippen LogP contribution in [-0.2, 0) is 6.18 Å². The second kappa shape index (κ2) is 7.34. The lowest BCUT2D eigenvalue weighted by Crippen LogP contribution is -2.30. The second-order valence-corrected chi connectivity index (χ2v) is 6.27. The zero-order chi connectivity index (χ0) is 20.4. The number of alkyl halides is 3. The summed E-state index contributed by atoms with van der Waals surface area (Å²) in [5, 5.41) is 2.87. The lowest BCUT2D eigenvalue weighted by Gasteiger charge is -2.19.